The Morgan fingerprint density at radius 1 is 1.32 bits per heavy atom. The van der Waals surface area contributed by atoms with Crippen molar-refractivity contribution in [1.82, 2.24) is 34.1 Å². The van der Waals surface area contributed by atoms with Gasteiger partial charge in [-0.05, 0) is 6.42 Å². The highest BCUT2D eigenvalue weighted by molar-refractivity contribution is 5.77. The fourth-order valence-corrected chi connectivity index (χ4v) is 2.24. The number of aromatic nitrogens is 7. The summed E-state index contributed by atoms with van der Waals surface area (Å²) in [6.07, 6.45) is 2.50. The monoisotopic (exact) mass is 260 g/mol. The zero-order valence-electron chi connectivity index (χ0n) is 11.2. The minimum Gasteiger partial charge on any atom is -0.369 e. The average molecular weight is 260 g/mol. The van der Waals surface area contributed by atoms with Crippen molar-refractivity contribution in [1.29, 1.82) is 0 Å². The van der Waals surface area contributed by atoms with Crippen molar-refractivity contribution in [2.75, 3.05) is 5.73 Å². The van der Waals surface area contributed by atoms with E-state index in [0.29, 0.717) is 12.5 Å². The molecular weight excluding hydrogens is 244 g/mol. The zero-order valence-corrected chi connectivity index (χ0v) is 11.2. The fourth-order valence-electron chi connectivity index (χ4n) is 2.24. The fraction of sp³-hybridized carbons (Fsp3) is 0.455. The first kappa shape index (κ1) is 11.7. The van der Waals surface area contributed by atoms with Crippen molar-refractivity contribution in [2.45, 2.75) is 19.9 Å². The first-order valence-electron chi connectivity index (χ1n) is 6.12. The van der Waals surface area contributed by atoms with Gasteiger partial charge in [0.2, 0.25) is 5.95 Å². The van der Waals surface area contributed by atoms with Gasteiger partial charge in [0, 0.05) is 14.1 Å². The summed E-state index contributed by atoms with van der Waals surface area (Å²) in [7, 11) is 3.80. The van der Waals surface area contributed by atoms with E-state index in [1.807, 2.05) is 27.9 Å². The molecule has 0 bridgehead atoms. The third kappa shape index (κ3) is 1.67. The van der Waals surface area contributed by atoms with Crippen LogP contribution in [0.5, 0.6) is 0 Å². The van der Waals surface area contributed by atoms with Gasteiger partial charge in [0.15, 0.2) is 11.5 Å². The van der Waals surface area contributed by atoms with Crippen molar-refractivity contribution in [2.24, 2.45) is 14.1 Å². The van der Waals surface area contributed by atoms with Crippen LogP contribution in [0, 0.1) is 0 Å². The normalized spacial score (nSPS) is 11.5. The van der Waals surface area contributed by atoms with Crippen LogP contribution in [0.2, 0.25) is 0 Å². The Kier molecular flexibility index (Phi) is 2.51. The number of nitrogen functional groups attached to an aromatic ring is 1. The largest absolute Gasteiger partial charge is 0.369 e. The summed E-state index contributed by atoms with van der Waals surface area (Å²) >= 11 is 0. The molecule has 2 N–H and O–H groups in total. The van der Waals surface area contributed by atoms with Gasteiger partial charge in [-0.1, -0.05) is 6.92 Å². The van der Waals surface area contributed by atoms with Gasteiger partial charge in [0.1, 0.15) is 11.8 Å². The molecule has 19 heavy (non-hydrogen) atoms. The second kappa shape index (κ2) is 4.08. The van der Waals surface area contributed by atoms with Gasteiger partial charge in [-0.2, -0.15) is 5.10 Å². The summed E-state index contributed by atoms with van der Waals surface area (Å²) in [5.74, 6) is 1.30. The molecule has 0 radical (unpaired) electrons. The van der Waals surface area contributed by atoms with Gasteiger partial charge < -0.3 is 10.3 Å². The topological polar surface area (TPSA) is 92.4 Å². The Morgan fingerprint density at radius 2 is 2.11 bits per heavy atom. The molecule has 0 saturated carbocycles. The van der Waals surface area contributed by atoms with Crippen LogP contribution in [0.1, 0.15) is 18.4 Å². The first-order chi connectivity index (χ1) is 9.11. The Morgan fingerprint density at radius 3 is 2.74 bits per heavy atom. The molecule has 0 fully saturated rings. The molecule has 0 saturated heterocycles. The number of fused-ring (bicyclic) bond motifs is 1. The maximum Gasteiger partial charge on any atom is 0.202 e. The van der Waals surface area contributed by atoms with Gasteiger partial charge in [0.05, 0.1) is 12.2 Å². The lowest BCUT2D eigenvalue weighted by atomic mass is 10.3. The molecule has 0 aliphatic rings. The van der Waals surface area contributed by atoms with Gasteiger partial charge in [-0.25, -0.2) is 4.98 Å². The van der Waals surface area contributed by atoms with Crippen LogP contribution < -0.4 is 5.73 Å². The molecule has 8 heteroatoms. The van der Waals surface area contributed by atoms with Gasteiger partial charge in [-0.15, -0.1) is 10.2 Å². The van der Waals surface area contributed by atoms with E-state index in [0.717, 1.165) is 29.1 Å². The lowest BCUT2D eigenvalue weighted by Crippen LogP contribution is -2.11. The van der Waals surface area contributed by atoms with Crippen molar-refractivity contribution in [3.8, 4) is 0 Å². The SMILES string of the molecule is CCc1nn(C)c2c1nc(N)n2Cc1nncn1C. The van der Waals surface area contributed by atoms with Crippen LogP contribution >= 0.6 is 0 Å². The number of aryl methyl sites for hydroxylation is 3. The maximum atomic E-state index is 6.01. The molecule has 3 aromatic rings. The summed E-state index contributed by atoms with van der Waals surface area (Å²) in [6, 6.07) is 0. The molecule has 0 unspecified atom stereocenters. The number of nitrogens with zero attached hydrogens (tertiary/aromatic N) is 7. The predicted molar refractivity (Wildman–Crippen MR) is 70.4 cm³/mol. The van der Waals surface area contributed by atoms with Gasteiger partial charge >= 0.3 is 0 Å². The molecule has 3 rings (SSSR count). The molecule has 3 aromatic heterocycles. The van der Waals surface area contributed by atoms with Crippen LogP contribution in [0.4, 0.5) is 5.95 Å². The van der Waals surface area contributed by atoms with Crippen LogP contribution in [-0.2, 0) is 27.1 Å². The van der Waals surface area contributed by atoms with E-state index < -0.39 is 0 Å². The maximum absolute atomic E-state index is 6.01. The standard InChI is InChI=1S/C11H16N8/c1-4-7-9-10(18(3)16-7)19(11(12)14-9)5-8-15-13-6-17(8)2/h6H,4-5H2,1-3H3,(H2,12,14). The van der Waals surface area contributed by atoms with Crippen molar-refractivity contribution in [3.05, 3.63) is 17.8 Å². The molecule has 8 nitrogen and oxygen atoms in total. The van der Waals surface area contributed by atoms with E-state index in [1.54, 1.807) is 6.33 Å². The molecule has 0 aliphatic carbocycles. The number of nitrogens with two attached hydrogens (primary N) is 1. The third-order valence-electron chi connectivity index (χ3n) is 3.26. The number of imidazole rings is 1. The number of hydrogen-bond acceptors (Lipinski definition) is 5. The predicted octanol–water partition coefficient (Wildman–Crippen LogP) is 0.0912. The molecule has 0 atom stereocenters. The summed E-state index contributed by atoms with van der Waals surface area (Å²) in [5.41, 5.74) is 8.75. The summed E-state index contributed by atoms with van der Waals surface area (Å²) in [4.78, 5) is 4.41. The Balaban J connectivity index is 2.15. The van der Waals surface area contributed by atoms with E-state index in [4.69, 9.17) is 5.73 Å². The van der Waals surface area contributed by atoms with Gasteiger partial charge in [-0.3, -0.25) is 9.25 Å². The van der Waals surface area contributed by atoms with Crippen LogP contribution in [0.15, 0.2) is 6.33 Å². The van der Waals surface area contributed by atoms with Crippen LogP contribution in [-0.4, -0.2) is 34.1 Å². The van der Waals surface area contributed by atoms with Crippen molar-refractivity contribution < 1.29 is 0 Å². The van der Waals surface area contributed by atoms with E-state index >= 15 is 0 Å². The molecule has 100 valence electrons. The summed E-state index contributed by atoms with van der Waals surface area (Å²) < 4.78 is 5.59. The molecule has 0 aliphatic heterocycles. The van der Waals surface area contributed by atoms with Crippen LogP contribution in [0.3, 0.4) is 0 Å². The zero-order chi connectivity index (χ0) is 13.6. The molecular formula is C11H16N8. The second-order valence-electron chi connectivity index (χ2n) is 4.51. The lowest BCUT2D eigenvalue weighted by Gasteiger charge is -2.05. The second-order valence-corrected chi connectivity index (χ2v) is 4.51. The highest BCUT2D eigenvalue weighted by Crippen LogP contribution is 2.21. The minimum atomic E-state index is 0.473. The quantitative estimate of drug-likeness (QED) is 0.720. The number of hydrogen-bond donors (Lipinski definition) is 1. The molecule has 3 heterocycles. The van der Waals surface area contributed by atoms with E-state index in [2.05, 4.69) is 27.2 Å². The molecule has 0 spiro atoms. The summed E-state index contributed by atoms with van der Waals surface area (Å²) in [6.45, 7) is 2.58. The third-order valence-corrected chi connectivity index (χ3v) is 3.26. The minimum absolute atomic E-state index is 0.473. The van der Waals surface area contributed by atoms with Crippen molar-refractivity contribution in [3.63, 3.8) is 0 Å². The summed E-state index contributed by atoms with van der Waals surface area (Å²) in [5, 5.41) is 12.4. The molecule has 0 amide bonds. The van der Waals surface area contributed by atoms with Gasteiger partial charge in [0.25, 0.3) is 0 Å². The van der Waals surface area contributed by atoms with E-state index in [1.165, 1.54) is 0 Å². The Hall–Kier alpha value is -2.38. The van der Waals surface area contributed by atoms with Crippen molar-refractivity contribution >= 4 is 17.1 Å². The number of rotatable bonds is 3. The highest BCUT2D eigenvalue weighted by Gasteiger charge is 2.18. The molecule has 0 aromatic carbocycles. The van der Waals surface area contributed by atoms with Crippen LogP contribution in [0.25, 0.3) is 11.2 Å². The Labute approximate surface area is 109 Å². The highest BCUT2D eigenvalue weighted by atomic mass is 15.4. The number of anilines is 1. The smallest absolute Gasteiger partial charge is 0.202 e. The van der Waals surface area contributed by atoms with E-state index in [-0.39, 0.29) is 0 Å². The average Bonchev–Trinajstić information content (AvgIpc) is 3.00. The lowest BCUT2D eigenvalue weighted by molar-refractivity contribution is 0.681. The Bertz CT molecular complexity index is 731. The van der Waals surface area contributed by atoms with E-state index in [9.17, 15) is 0 Å². The first-order valence-corrected chi connectivity index (χ1v) is 6.12.